The van der Waals surface area contributed by atoms with Crippen LogP contribution in [-0.4, -0.2) is 28.7 Å². The average molecular weight is 657 g/mol. The van der Waals surface area contributed by atoms with Crippen molar-refractivity contribution in [3.8, 4) is 0 Å². The second-order valence-corrected chi connectivity index (χ2v) is 12.7. The first-order valence-corrected chi connectivity index (χ1v) is 15.9. The quantitative estimate of drug-likeness (QED) is 0.102. The molecule has 0 radical (unpaired) electrons. The summed E-state index contributed by atoms with van der Waals surface area (Å²) in [6.45, 7) is 5.80. The van der Waals surface area contributed by atoms with Gasteiger partial charge in [-0.2, -0.15) is 0 Å². The van der Waals surface area contributed by atoms with Crippen molar-refractivity contribution in [1.29, 1.82) is 0 Å². The summed E-state index contributed by atoms with van der Waals surface area (Å²) in [6.07, 6.45) is 3.57. The summed E-state index contributed by atoms with van der Waals surface area (Å²) in [6, 6.07) is 19.8. The number of rotatable bonds is 14. The normalized spacial score (nSPS) is 12.5. The molecule has 0 fully saturated rings. The van der Waals surface area contributed by atoms with E-state index in [0.29, 0.717) is 16.5 Å². The molecule has 11 heteroatoms. The highest BCUT2D eigenvalue weighted by Gasteiger charge is 2.30. The molecule has 4 aromatic rings. The van der Waals surface area contributed by atoms with Crippen LogP contribution in [0.15, 0.2) is 88.4 Å². The van der Waals surface area contributed by atoms with E-state index in [2.05, 4.69) is 20.9 Å². The molecule has 42 heavy (non-hydrogen) atoms. The van der Waals surface area contributed by atoms with Gasteiger partial charge in [0.15, 0.2) is 0 Å². The Hall–Kier alpha value is -3.14. The maximum atomic E-state index is 14.0. The number of fused-ring (bicyclic) bond motifs is 1. The van der Waals surface area contributed by atoms with Gasteiger partial charge in [0, 0.05) is 16.9 Å². The van der Waals surface area contributed by atoms with E-state index in [1.165, 1.54) is 6.20 Å². The van der Waals surface area contributed by atoms with Crippen LogP contribution in [-0.2, 0) is 36.1 Å². The number of carbonyl (C=O) groups is 1. The Morgan fingerprint density at radius 1 is 0.976 bits per heavy atom. The SMILES string of the molecule is CCOC(=O)c1cn([C@H](COP(=O)(OCc2ccccc2)OCc2ccccc2)CC(C)C)c2ncc(Br)cc2c1=O. The highest BCUT2D eigenvalue weighted by Crippen LogP contribution is 2.51. The average Bonchev–Trinajstić information content (AvgIpc) is 2.99. The van der Waals surface area contributed by atoms with Crippen molar-refractivity contribution in [3.05, 3.63) is 111 Å². The minimum absolute atomic E-state index is 0.0191. The molecule has 0 aliphatic rings. The van der Waals surface area contributed by atoms with Gasteiger partial charge in [-0.05, 0) is 52.4 Å². The highest BCUT2D eigenvalue weighted by atomic mass is 79.9. The molecular formula is C31H34BrN2O7P. The van der Waals surface area contributed by atoms with Crippen molar-refractivity contribution in [1.82, 2.24) is 9.55 Å². The van der Waals surface area contributed by atoms with Gasteiger partial charge in [-0.25, -0.2) is 14.3 Å². The number of phosphoric acid groups is 1. The molecule has 9 nitrogen and oxygen atoms in total. The first-order chi connectivity index (χ1) is 20.2. The summed E-state index contributed by atoms with van der Waals surface area (Å²) in [5.74, 6) is -0.560. The zero-order valence-electron chi connectivity index (χ0n) is 23.8. The summed E-state index contributed by atoms with van der Waals surface area (Å²) in [4.78, 5) is 30.5. The fourth-order valence-corrected chi connectivity index (χ4v) is 5.92. The summed E-state index contributed by atoms with van der Waals surface area (Å²) < 4.78 is 39.1. The minimum atomic E-state index is -4.08. The molecule has 0 bridgehead atoms. The lowest BCUT2D eigenvalue weighted by Gasteiger charge is -2.26. The summed E-state index contributed by atoms with van der Waals surface area (Å²) in [5, 5.41) is 0.243. The molecule has 1 atom stereocenters. The number of hydrogen-bond donors (Lipinski definition) is 0. The van der Waals surface area contributed by atoms with Gasteiger partial charge >= 0.3 is 13.8 Å². The van der Waals surface area contributed by atoms with E-state index in [1.807, 2.05) is 74.5 Å². The molecule has 4 rings (SSSR count). The van der Waals surface area contributed by atoms with Gasteiger partial charge in [0.25, 0.3) is 0 Å². The molecule has 0 aliphatic carbocycles. The molecule has 0 saturated carbocycles. The topological polar surface area (TPSA) is 106 Å². The van der Waals surface area contributed by atoms with Gasteiger partial charge in [-0.1, -0.05) is 74.5 Å². The standard InChI is InChI=1S/C31H34BrN2O7P/c1-4-38-31(36)28-18-34(30-27(29(28)35)16-25(32)17-33-30)26(15-22(2)3)21-41-42(37,39-19-23-11-7-5-8-12-23)40-20-24-13-9-6-10-14-24/h5-14,16-18,22,26H,4,15,19-21H2,1-3H3/t26-/m0/s1. The highest BCUT2D eigenvalue weighted by molar-refractivity contribution is 9.10. The first-order valence-electron chi connectivity index (χ1n) is 13.7. The third-order valence-corrected chi connectivity index (χ3v) is 8.15. The fraction of sp³-hybridized carbons (Fsp3) is 0.323. The predicted octanol–water partition coefficient (Wildman–Crippen LogP) is 7.48. The zero-order chi connectivity index (χ0) is 30.1. The van der Waals surface area contributed by atoms with Gasteiger partial charge in [0.2, 0.25) is 5.43 Å². The maximum absolute atomic E-state index is 14.0. The second kappa shape index (κ2) is 14.8. The molecule has 0 unspecified atom stereocenters. The number of ether oxygens (including phenoxy) is 1. The van der Waals surface area contributed by atoms with Crippen LogP contribution in [0.1, 0.15) is 54.7 Å². The van der Waals surface area contributed by atoms with Crippen molar-refractivity contribution in [2.45, 2.75) is 46.4 Å². The Kier molecular flexibility index (Phi) is 11.2. The van der Waals surface area contributed by atoms with E-state index in [9.17, 15) is 14.2 Å². The van der Waals surface area contributed by atoms with E-state index in [-0.39, 0.29) is 43.3 Å². The predicted molar refractivity (Wildman–Crippen MR) is 164 cm³/mol. The lowest BCUT2D eigenvalue weighted by atomic mass is 10.0. The van der Waals surface area contributed by atoms with Crippen molar-refractivity contribution >= 4 is 40.8 Å². The number of esters is 1. The molecule has 0 aliphatic heterocycles. The van der Waals surface area contributed by atoms with E-state index < -0.39 is 25.3 Å². The van der Waals surface area contributed by atoms with Gasteiger partial charge in [-0.15, -0.1) is 0 Å². The molecule has 2 heterocycles. The molecule has 0 saturated heterocycles. The van der Waals surface area contributed by atoms with E-state index >= 15 is 0 Å². The van der Waals surface area contributed by atoms with Gasteiger partial charge in [-0.3, -0.25) is 18.4 Å². The number of pyridine rings is 2. The Labute approximate surface area is 253 Å². The number of benzene rings is 2. The molecule has 222 valence electrons. The molecule has 2 aromatic carbocycles. The lowest BCUT2D eigenvalue weighted by Crippen LogP contribution is -2.26. The van der Waals surface area contributed by atoms with E-state index in [4.69, 9.17) is 18.3 Å². The van der Waals surface area contributed by atoms with Gasteiger partial charge in [0.05, 0.1) is 37.9 Å². The molecule has 0 spiro atoms. The maximum Gasteiger partial charge on any atom is 0.475 e. The van der Waals surface area contributed by atoms with Crippen LogP contribution >= 0.6 is 23.8 Å². The number of phosphoric ester groups is 1. The van der Waals surface area contributed by atoms with Gasteiger partial charge in [0.1, 0.15) is 11.2 Å². The number of aromatic nitrogens is 2. The number of carbonyl (C=O) groups excluding carboxylic acids is 1. The molecule has 0 N–H and O–H groups in total. The third kappa shape index (κ3) is 8.46. The van der Waals surface area contributed by atoms with E-state index in [0.717, 1.165) is 11.1 Å². The Balaban J connectivity index is 1.69. The van der Waals surface area contributed by atoms with Crippen LogP contribution < -0.4 is 5.43 Å². The smallest absolute Gasteiger partial charge is 0.462 e. The lowest BCUT2D eigenvalue weighted by molar-refractivity contribution is 0.0522. The fourth-order valence-electron chi connectivity index (χ4n) is 4.39. The van der Waals surface area contributed by atoms with Crippen LogP contribution in [0.2, 0.25) is 0 Å². The number of nitrogens with zero attached hydrogens (tertiary/aromatic N) is 2. The van der Waals surface area contributed by atoms with Crippen molar-refractivity contribution < 1.29 is 27.7 Å². The van der Waals surface area contributed by atoms with Crippen LogP contribution in [0.3, 0.4) is 0 Å². The van der Waals surface area contributed by atoms with Crippen molar-refractivity contribution in [2.75, 3.05) is 13.2 Å². The third-order valence-electron chi connectivity index (χ3n) is 6.36. The molecule has 0 amide bonds. The van der Waals surface area contributed by atoms with E-state index in [1.54, 1.807) is 23.8 Å². The first kappa shape index (κ1) is 31.8. The van der Waals surface area contributed by atoms with Crippen LogP contribution in [0, 0.1) is 5.92 Å². The Morgan fingerprint density at radius 3 is 2.12 bits per heavy atom. The molecule has 2 aromatic heterocycles. The Morgan fingerprint density at radius 2 is 1.57 bits per heavy atom. The van der Waals surface area contributed by atoms with Gasteiger partial charge < -0.3 is 9.30 Å². The zero-order valence-corrected chi connectivity index (χ0v) is 26.3. The second-order valence-electron chi connectivity index (χ2n) is 10.1. The van der Waals surface area contributed by atoms with Crippen molar-refractivity contribution in [3.63, 3.8) is 0 Å². The van der Waals surface area contributed by atoms with Crippen LogP contribution in [0.4, 0.5) is 0 Å². The Bertz CT molecular complexity index is 1550. The van der Waals surface area contributed by atoms with Crippen LogP contribution in [0.5, 0.6) is 0 Å². The summed E-state index contributed by atoms with van der Waals surface area (Å²) in [5.41, 5.74) is 1.37. The van der Waals surface area contributed by atoms with Crippen LogP contribution in [0.25, 0.3) is 11.0 Å². The minimum Gasteiger partial charge on any atom is -0.462 e. The summed E-state index contributed by atoms with van der Waals surface area (Å²) in [7, 11) is -4.08. The molecular weight excluding hydrogens is 623 g/mol. The largest absolute Gasteiger partial charge is 0.475 e. The number of hydrogen-bond acceptors (Lipinski definition) is 8. The van der Waals surface area contributed by atoms with Crippen molar-refractivity contribution in [2.24, 2.45) is 5.92 Å². The monoisotopic (exact) mass is 656 g/mol. The summed E-state index contributed by atoms with van der Waals surface area (Å²) >= 11 is 3.37. The number of halogens is 1.